The molecule has 0 saturated heterocycles. The van der Waals surface area contributed by atoms with Crippen molar-refractivity contribution in [3.63, 3.8) is 0 Å². The van der Waals surface area contributed by atoms with Crippen molar-refractivity contribution in [1.82, 2.24) is 5.17 Å². The molecule has 2 unspecified atom stereocenters. The Kier molecular flexibility index (Phi) is 1.85. The van der Waals surface area contributed by atoms with Crippen molar-refractivity contribution in [2.45, 2.75) is 13.1 Å². The van der Waals surface area contributed by atoms with Gasteiger partial charge in [0.1, 0.15) is 6.54 Å². The van der Waals surface area contributed by atoms with E-state index < -0.39 is 10.9 Å². The predicted molar refractivity (Wildman–Crippen MR) is 30.9 cm³/mol. The van der Waals surface area contributed by atoms with E-state index in [9.17, 15) is 10.0 Å². The monoisotopic (exact) mass is 161 g/mol. The maximum absolute atomic E-state index is 10.3. The van der Waals surface area contributed by atoms with Gasteiger partial charge in [0.15, 0.2) is 0 Å². The Morgan fingerprint density at radius 3 is 2.82 bits per heavy atom. The lowest BCUT2D eigenvalue weighted by Gasteiger charge is -2.20. The summed E-state index contributed by atoms with van der Waals surface area (Å²) in [7, 11) is 0. The zero-order chi connectivity index (χ0) is 8.48. The fourth-order valence-electron chi connectivity index (χ4n) is 0.784. The quantitative estimate of drug-likeness (QED) is 0.431. The first-order valence-corrected chi connectivity index (χ1v) is 3.11. The summed E-state index contributed by atoms with van der Waals surface area (Å²) in [5.41, 5.74) is 0. The molecule has 2 atom stereocenters. The topological polar surface area (TPSA) is 85.5 Å². The molecular weight excluding hydrogens is 152 g/mol. The van der Waals surface area contributed by atoms with Crippen molar-refractivity contribution in [3.8, 4) is 0 Å². The first-order chi connectivity index (χ1) is 5.14. The molecule has 2 N–H and O–H groups in total. The Labute approximate surface area is 62.6 Å². The average molecular weight is 161 g/mol. The second-order valence-electron chi connectivity index (χ2n) is 2.15. The number of carbonyl (C=O) groups is 1. The number of nitrogens with zero attached hydrogens (tertiary/aromatic N) is 4. The molecule has 7 nitrogen and oxygen atoms in total. The Hall–Kier alpha value is -1.05. The van der Waals surface area contributed by atoms with Crippen LogP contribution in [0.25, 0.3) is 0 Å². The molecular formula is C4H9N4O3+. The van der Waals surface area contributed by atoms with E-state index in [0.717, 1.165) is 0 Å². The highest BCUT2D eigenvalue weighted by Gasteiger charge is 2.46. The zero-order valence-electron chi connectivity index (χ0n) is 5.95. The van der Waals surface area contributed by atoms with Crippen LogP contribution >= 0.6 is 0 Å². The fourth-order valence-corrected chi connectivity index (χ4v) is 0.784. The molecule has 1 aliphatic rings. The molecule has 62 valence electrons. The maximum atomic E-state index is 10.3. The predicted octanol–water partition coefficient (Wildman–Crippen LogP) is -0.276. The Balaban J connectivity index is 2.83. The van der Waals surface area contributed by atoms with E-state index in [1.165, 1.54) is 0 Å². The SMILES string of the molecule is CC[N+]1(O)N=NN(O)C1C=O. The van der Waals surface area contributed by atoms with Gasteiger partial charge in [-0.2, -0.15) is 5.21 Å². The molecule has 0 amide bonds. The third-order valence-corrected chi connectivity index (χ3v) is 1.53. The molecule has 0 bridgehead atoms. The van der Waals surface area contributed by atoms with Gasteiger partial charge in [0.2, 0.25) is 6.29 Å². The molecule has 0 aromatic rings. The number of rotatable bonds is 2. The molecule has 1 aliphatic heterocycles. The van der Waals surface area contributed by atoms with E-state index in [2.05, 4.69) is 10.4 Å². The maximum Gasteiger partial charge on any atom is 0.318 e. The summed E-state index contributed by atoms with van der Waals surface area (Å²) in [6.07, 6.45) is -0.760. The van der Waals surface area contributed by atoms with E-state index in [1.807, 2.05) is 0 Å². The summed E-state index contributed by atoms with van der Waals surface area (Å²) in [5.74, 6) is 0. The van der Waals surface area contributed by atoms with Crippen LogP contribution in [0, 0.1) is 0 Å². The van der Waals surface area contributed by atoms with Crippen molar-refractivity contribution >= 4 is 6.29 Å². The van der Waals surface area contributed by atoms with Crippen molar-refractivity contribution in [3.05, 3.63) is 0 Å². The Morgan fingerprint density at radius 2 is 2.45 bits per heavy atom. The van der Waals surface area contributed by atoms with Gasteiger partial charge in [0.25, 0.3) is 0 Å². The second-order valence-corrected chi connectivity index (χ2v) is 2.15. The molecule has 1 heterocycles. The number of aldehydes is 1. The molecule has 7 heteroatoms. The first-order valence-electron chi connectivity index (χ1n) is 3.11. The van der Waals surface area contributed by atoms with Crippen LogP contribution < -0.4 is 0 Å². The van der Waals surface area contributed by atoms with Crippen molar-refractivity contribution in [2.24, 2.45) is 10.4 Å². The van der Waals surface area contributed by atoms with Crippen molar-refractivity contribution in [1.29, 1.82) is 0 Å². The number of carbonyl (C=O) groups excluding carboxylic acids is 1. The highest BCUT2D eigenvalue weighted by molar-refractivity contribution is 5.54. The summed E-state index contributed by atoms with van der Waals surface area (Å²) in [6, 6.07) is 0. The molecule has 1 rings (SSSR count). The first kappa shape index (κ1) is 8.05. The van der Waals surface area contributed by atoms with Crippen LogP contribution in [0.5, 0.6) is 0 Å². The van der Waals surface area contributed by atoms with E-state index in [1.54, 1.807) is 6.92 Å². The fraction of sp³-hybridized carbons (Fsp3) is 0.750. The minimum Gasteiger partial charge on any atom is -0.294 e. The van der Waals surface area contributed by atoms with Crippen LogP contribution in [-0.2, 0) is 4.79 Å². The number of likely N-dealkylation sites (N-methyl/N-ethyl adjacent to an activating group) is 1. The van der Waals surface area contributed by atoms with Crippen molar-refractivity contribution < 1.29 is 20.0 Å². The van der Waals surface area contributed by atoms with Gasteiger partial charge in [-0.3, -0.25) is 10.0 Å². The average Bonchev–Trinajstić information content (AvgIpc) is 2.29. The molecule has 0 spiro atoms. The smallest absolute Gasteiger partial charge is 0.294 e. The minimum absolute atomic E-state index is 0.171. The molecule has 11 heavy (non-hydrogen) atoms. The summed E-state index contributed by atoms with van der Waals surface area (Å²) in [5, 5.41) is 24.9. The summed E-state index contributed by atoms with van der Waals surface area (Å²) >= 11 is 0. The molecule has 0 aromatic heterocycles. The minimum atomic E-state index is -1.14. The third kappa shape index (κ3) is 1.09. The van der Waals surface area contributed by atoms with Gasteiger partial charge < -0.3 is 0 Å². The summed E-state index contributed by atoms with van der Waals surface area (Å²) < 4.78 is -0.917. The van der Waals surface area contributed by atoms with Gasteiger partial charge in [0.05, 0.1) is 5.22 Å². The van der Waals surface area contributed by atoms with E-state index in [0.29, 0.717) is 11.5 Å². The molecule has 0 aromatic carbocycles. The van der Waals surface area contributed by atoms with Gasteiger partial charge in [-0.15, -0.1) is 0 Å². The van der Waals surface area contributed by atoms with Crippen LogP contribution in [0.4, 0.5) is 0 Å². The van der Waals surface area contributed by atoms with Crippen LogP contribution in [0.15, 0.2) is 10.4 Å². The van der Waals surface area contributed by atoms with Gasteiger partial charge in [-0.25, -0.2) is 0 Å². The second kappa shape index (κ2) is 2.53. The van der Waals surface area contributed by atoms with E-state index in [4.69, 9.17) is 5.21 Å². The lowest BCUT2D eigenvalue weighted by Crippen LogP contribution is -2.51. The Morgan fingerprint density at radius 1 is 1.82 bits per heavy atom. The molecule has 0 fully saturated rings. The summed E-state index contributed by atoms with van der Waals surface area (Å²) in [4.78, 5) is 10.3. The number of quaternary nitrogens is 1. The Bertz CT molecular complexity index is 196. The van der Waals surface area contributed by atoms with Crippen molar-refractivity contribution in [2.75, 3.05) is 6.54 Å². The highest BCUT2D eigenvalue weighted by atomic mass is 16.7. The van der Waals surface area contributed by atoms with Gasteiger partial charge in [-0.1, -0.05) is 5.17 Å². The third-order valence-electron chi connectivity index (χ3n) is 1.53. The molecule has 0 saturated carbocycles. The van der Waals surface area contributed by atoms with E-state index >= 15 is 0 Å². The van der Waals surface area contributed by atoms with Gasteiger partial charge >= 0.3 is 6.17 Å². The summed E-state index contributed by atoms with van der Waals surface area (Å²) in [6.45, 7) is 1.79. The lowest BCUT2D eigenvalue weighted by molar-refractivity contribution is -1.12. The van der Waals surface area contributed by atoms with Crippen LogP contribution in [-0.4, -0.2) is 39.3 Å². The van der Waals surface area contributed by atoms with E-state index in [-0.39, 0.29) is 6.54 Å². The number of hydrogen-bond donors (Lipinski definition) is 2. The van der Waals surface area contributed by atoms with Crippen LogP contribution in [0.1, 0.15) is 6.92 Å². The van der Waals surface area contributed by atoms with Gasteiger partial charge in [-0.05, 0) is 11.7 Å². The largest absolute Gasteiger partial charge is 0.318 e. The zero-order valence-corrected chi connectivity index (χ0v) is 5.95. The van der Waals surface area contributed by atoms with Crippen LogP contribution in [0.2, 0.25) is 0 Å². The normalized spacial score (nSPS) is 36.3. The van der Waals surface area contributed by atoms with Gasteiger partial charge in [0, 0.05) is 5.22 Å². The van der Waals surface area contributed by atoms with Crippen LogP contribution in [0.3, 0.4) is 0 Å². The highest BCUT2D eigenvalue weighted by Crippen LogP contribution is 2.19. The molecule has 0 radical (unpaired) electrons. The molecule has 0 aliphatic carbocycles. The lowest BCUT2D eigenvalue weighted by atomic mass is 10.5. The standard InChI is InChI=1S/C4H9N4O3/c1-2-8(11)4(3-9)7(10)5-6-8/h3-4,10-11H,2H2,1H3/q+1. The number of hydrogen-bond acceptors (Lipinski definition) is 6. The number of hydroxylamine groups is 3.